The van der Waals surface area contributed by atoms with Crippen LogP contribution >= 0.6 is 0 Å². The van der Waals surface area contributed by atoms with Gasteiger partial charge in [0, 0.05) is 32.7 Å². The van der Waals surface area contributed by atoms with Gasteiger partial charge >= 0.3 is 0 Å². The number of nitrogens with zero attached hydrogens (tertiary/aromatic N) is 1. The summed E-state index contributed by atoms with van der Waals surface area (Å²) in [6.07, 6.45) is 0. The van der Waals surface area contributed by atoms with Crippen molar-refractivity contribution in [2.45, 2.75) is 6.61 Å². The number of pyridine rings is 1. The Labute approximate surface area is 115 Å². The molecule has 3 nitrogen and oxygen atoms in total. The van der Waals surface area contributed by atoms with Gasteiger partial charge < -0.3 is 23.3 Å². The van der Waals surface area contributed by atoms with E-state index in [1.807, 2.05) is 24.3 Å². The van der Waals surface area contributed by atoms with Gasteiger partial charge in [-0.25, -0.2) is 0 Å². The van der Waals surface area contributed by atoms with Gasteiger partial charge in [-0.15, -0.1) is 0 Å². The molecule has 15 heavy (non-hydrogen) atoms. The molecule has 0 amide bonds. The van der Waals surface area contributed by atoms with Crippen LogP contribution < -0.4 is 0 Å². The number of rotatable bonds is 1. The fraction of sp³-hybridized carbons (Fsp3) is 0.0909. The molecule has 0 atom stereocenters. The van der Waals surface area contributed by atoms with Gasteiger partial charge in [-0.2, -0.15) is 0 Å². The summed E-state index contributed by atoms with van der Waals surface area (Å²) in [6, 6.07) is 8.97. The Bertz CT molecular complexity index is 446. The fourth-order valence-electron chi connectivity index (χ4n) is 1.36. The maximum absolute atomic E-state index is 9.03. The molecular weight excluding hydrogens is 265 g/mol. The first-order valence-corrected chi connectivity index (χ1v) is 4.02. The van der Waals surface area contributed by atoms with Crippen LogP contribution in [0.2, 0.25) is 0 Å². The summed E-state index contributed by atoms with van der Waals surface area (Å²) in [5.41, 5.74) is 8.95. The second kappa shape index (κ2) is 6.16. The zero-order valence-electron chi connectivity index (χ0n) is 8.57. The average Bonchev–Trinajstić information content (AvgIpc) is 2.16. The van der Waals surface area contributed by atoms with Crippen LogP contribution in [0.3, 0.4) is 0 Å². The number of aliphatic hydroxyl groups excluding tert-OH is 1. The number of aliphatic hydroxyl groups is 1. The average molecular weight is 277 g/mol. The number of benzene rings is 1. The van der Waals surface area contributed by atoms with Gasteiger partial charge in [0.25, 0.3) is 0 Å². The molecule has 1 radical (unpaired) electrons. The van der Waals surface area contributed by atoms with Gasteiger partial charge in [0.2, 0.25) is 0 Å². The van der Waals surface area contributed by atoms with Crippen molar-refractivity contribution in [2.75, 3.05) is 0 Å². The Morgan fingerprint density at radius 2 is 1.93 bits per heavy atom. The van der Waals surface area contributed by atoms with Crippen molar-refractivity contribution in [3.8, 4) is 0 Å². The van der Waals surface area contributed by atoms with Crippen LogP contribution in [0.4, 0.5) is 5.82 Å². The molecule has 2 N–H and O–H groups in total. The third-order valence-corrected chi connectivity index (χ3v) is 1.99. The van der Waals surface area contributed by atoms with Crippen molar-refractivity contribution >= 4 is 16.7 Å². The first-order chi connectivity index (χ1) is 6.31. The molecule has 0 unspecified atom stereocenters. The predicted molar refractivity (Wildman–Crippen MR) is 58.1 cm³/mol. The van der Waals surface area contributed by atoms with Gasteiger partial charge in [-0.05, 0) is 16.5 Å². The summed E-state index contributed by atoms with van der Waals surface area (Å²) in [5.74, 6) is 0.252. The van der Waals surface area contributed by atoms with E-state index in [1.54, 1.807) is 6.07 Å². The number of hydrogen-bond acceptors (Lipinski definition) is 2. The molecule has 1 aromatic carbocycles. The molecule has 0 bridgehead atoms. The van der Waals surface area contributed by atoms with E-state index in [2.05, 4.69) is 4.98 Å². The van der Waals surface area contributed by atoms with Gasteiger partial charge in [0.1, 0.15) is 0 Å². The maximum atomic E-state index is 9.03. The quantitative estimate of drug-likeness (QED) is 0.815. The Balaban J connectivity index is 0.000000980. The topological polar surface area (TPSA) is 56.9 Å². The second-order valence-corrected chi connectivity index (χ2v) is 2.84. The van der Waals surface area contributed by atoms with Crippen LogP contribution in [-0.2, 0) is 39.3 Å². The molecule has 0 aliphatic carbocycles. The zero-order chi connectivity index (χ0) is 9.26. The Kier molecular flexibility index (Phi) is 5.95. The first kappa shape index (κ1) is 14.5. The normalized spacial score (nSPS) is 9.13. The van der Waals surface area contributed by atoms with E-state index in [0.29, 0.717) is 0 Å². The molecule has 1 aromatic heterocycles. The number of fused-ring (bicyclic) bond motifs is 1. The van der Waals surface area contributed by atoms with Crippen molar-refractivity contribution in [3.05, 3.63) is 49.1 Å². The number of aromatic nitrogens is 1. The molecule has 0 aliphatic rings. The number of nitrogens with one attached hydrogen (secondary N) is 1. The van der Waals surface area contributed by atoms with Crippen molar-refractivity contribution in [1.29, 1.82) is 0 Å². The summed E-state index contributed by atoms with van der Waals surface area (Å²) < 4.78 is 0. The zero-order valence-corrected chi connectivity index (χ0v) is 11.4. The summed E-state index contributed by atoms with van der Waals surface area (Å²) >= 11 is 0. The molecule has 77 valence electrons. The monoisotopic (exact) mass is 277 g/mol. The van der Waals surface area contributed by atoms with Crippen LogP contribution in [0, 0.1) is 7.43 Å². The minimum Gasteiger partial charge on any atom is -0.482 e. The minimum absolute atomic E-state index is 0. The van der Waals surface area contributed by atoms with Crippen LogP contribution in [0.5, 0.6) is 0 Å². The van der Waals surface area contributed by atoms with E-state index >= 15 is 0 Å². The Morgan fingerprint density at radius 1 is 1.20 bits per heavy atom. The van der Waals surface area contributed by atoms with Crippen molar-refractivity contribution in [3.63, 3.8) is 0 Å². The van der Waals surface area contributed by atoms with Crippen LogP contribution in [0.15, 0.2) is 30.3 Å². The molecule has 2 aromatic rings. The Hall–Kier alpha value is -0.506. The molecule has 0 fully saturated rings. The third kappa shape index (κ3) is 2.97. The Morgan fingerprint density at radius 3 is 2.60 bits per heavy atom. The van der Waals surface area contributed by atoms with Gasteiger partial charge in [0.05, 0.1) is 6.61 Å². The molecule has 4 heteroatoms. The molecular formula is C11H12N2OY-2. The van der Waals surface area contributed by atoms with Crippen molar-refractivity contribution in [2.24, 2.45) is 0 Å². The summed E-state index contributed by atoms with van der Waals surface area (Å²) in [4.78, 5) is 4.04. The molecule has 2 rings (SSSR count). The van der Waals surface area contributed by atoms with E-state index in [4.69, 9.17) is 10.8 Å². The molecule has 0 saturated carbocycles. The predicted octanol–water partition coefficient (Wildman–Crippen LogP) is 2.86. The molecule has 1 heterocycles. The third-order valence-electron chi connectivity index (χ3n) is 1.99. The smallest absolute Gasteiger partial charge is 0.0687 e. The van der Waals surface area contributed by atoms with E-state index < -0.39 is 0 Å². The van der Waals surface area contributed by atoms with Gasteiger partial charge in [-0.3, -0.25) is 0 Å². The van der Waals surface area contributed by atoms with Crippen molar-refractivity contribution in [1.82, 2.24) is 4.98 Å². The van der Waals surface area contributed by atoms with Crippen LogP contribution in [0.25, 0.3) is 16.6 Å². The van der Waals surface area contributed by atoms with Gasteiger partial charge in [-0.1, -0.05) is 36.1 Å². The van der Waals surface area contributed by atoms with Crippen molar-refractivity contribution < 1.29 is 37.8 Å². The summed E-state index contributed by atoms with van der Waals surface area (Å²) in [6.45, 7) is 0.0103. The standard InChI is InChI=1S/C10H9N2O.CH3.Y/c11-10-5-4-8-7(6-13)2-1-3-9(8)12-10;;/h1-5,13H,6H2,(H-,11,12);1H3;/q2*-1;. The van der Waals surface area contributed by atoms with Crippen LogP contribution in [0.1, 0.15) is 5.56 Å². The fourth-order valence-corrected chi connectivity index (χ4v) is 1.36. The summed E-state index contributed by atoms with van der Waals surface area (Å²) in [7, 11) is 0. The molecule has 0 saturated heterocycles. The second-order valence-electron chi connectivity index (χ2n) is 2.84. The van der Waals surface area contributed by atoms with E-state index in [1.165, 1.54) is 0 Å². The SMILES string of the molecule is [CH3-].[NH-]c1ccc2c(CO)cccc2n1.[Y]. The molecule has 0 aliphatic heterocycles. The summed E-state index contributed by atoms with van der Waals surface area (Å²) in [5, 5.41) is 9.95. The minimum atomic E-state index is 0. The van der Waals surface area contributed by atoms with E-state index in [0.717, 1.165) is 16.5 Å². The molecule has 0 spiro atoms. The van der Waals surface area contributed by atoms with E-state index in [-0.39, 0.29) is 52.6 Å². The maximum Gasteiger partial charge on any atom is 0.0687 e. The van der Waals surface area contributed by atoms with Crippen LogP contribution in [-0.4, -0.2) is 10.1 Å². The van der Waals surface area contributed by atoms with Gasteiger partial charge in [0.15, 0.2) is 0 Å². The largest absolute Gasteiger partial charge is 0.482 e. The van der Waals surface area contributed by atoms with E-state index in [9.17, 15) is 0 Å². The number of hydrogen-bond donors (Lipinski definition) is 1. The first-order valence-electron chi connectivity index (χ1n) is 4.02.